The van der Waals surface area contributed by atoms with Crippen LogP contribution in [0.15, 0.2) is 12.7 Å². The first-order chi connectivity index (χ1) is 13.6. The van der Waals surface area contributed by atoms with E-state index in [-0.39, 0.29) is 11.0 Å². The van der Waals surface area contributed by atoms with E-state index < -0.39 is 0 Å². The zero-order chi connectivity index (χ0) is 20.3. The van der Waals surface area contributed by atoms with Gasteiger partial charge in [-0.3, -0.25) is 4.79 Å². The molecule has 0 bridgehead atoms. The summed E-state index contributed by atoms with van der Waals surface area (Å²) >= 11 is 0. The molecule has 3 fully saturated rings. The Balaban J connectivity index is 0.000000202. The lowest BCUT2D eigenvalue weighted by atomic mass is 9.68. The van der Waals surface area contributed by atoms with Gasteiger partial charge in [-0.15, -0.1) is 6.58 Å². The molecule has 0 saturated heterocycles. The molecule has 1 unspecified atom stereocenters. The molecule has 0 aliphatic heterocycles. The fraction of sp³-hybridized carbons (Fsp3) is 0.885. The van der Waals surface area contributed by atoms with Crippen LogP contribution in [0.2, 0.25) is 0 Å². The molecule has 0 aromatic rings. The van der Waals surface area contributed by atoms with Crippen LogP contribution in [0.5, 0.6) is 0 Å². The van der Waals surface area contributed by atoms with Crippen LogP contribution in [0.4, 0.5) is 0 Å². The lowest BCUT2D eigenvalue weighted by Gasteiger charge is -2.41. The lowest BCUT2D eigenvalue weighted by molar-refractivity contribution is -0.131. The van der Waals surface area contributed by atoms with Crippen molar-refractivity contribution in [1.29, 1.82) is 0 Å². The van der Waals surface area contributed by atoms with E-state index in [9.17, 15) is 9.90 Å². The van der Waals surface area contributed by atoms with E-state index >= 15 is 0 Å². The predicted molar refractivity (Wildman–Crippen MR) is 119 cm³/mol. The number of carbonyl (C=O) groups excluding carboxylic acids is 1. The third kappa shape index (κ3) is 6.71. The van der Waals surface area contributed by atoms with Gasteiger partial charge < -0.3 is 5.11 Å². The summed E-state index contributed by atoms with van der Waals surface area (Å²) in [4.78, 5) is 12.1. The third-order valence-corrected chi connectivity index (χ3v) is 7.78. The van der Waals surface area contributed by atoms with Crippen LogP contribution in [0.25, 0.3) is 0 Å². The van der Waals surface area contributed by atoms with Crippen molar-refractivity contribution in [2.75, 3.05) is 0 Å². The highest BCUT2D eigenvalue weighted by molar-refractivity contribution is 5.85. The van der Waals surface area contributed by atoms with Crippen molar-refractivity contribution in [2.24, 2.45) is 11.3 Å². The van der Waals surface area contributed by atoms with Crippen molar-refractivity contribution in [2.45, 2.75) is 135 Å². The smallest absolute Gasteiger partial charge is 0.139 e. The first kappa shape index (κ1) is 23.6. The topological polar surface area (TPSA) is 37.3 Å². The van der Waals surface area contributed by atoms with Gasteiger partial charge in [-0.1, -0.05) is 77.2 Å². The Morgan fingerprint density at radius 2 is 1.61 bits per heavy atom. The van der Waals surface area contributed by atoms with Crippen LogP contribution < -0.4 is 0 Å². The fourth-order valence-corrected chi connectivity index (χ4v) is 5.94. The molecule has 0 amide bonds. The summed E-state index contributed by atoms with van der Waals surface area (Å²) in [7, 11) is 0. The average Bonchev–Trinajstić information content (AvgIpc) is 2.72. The lowest BCUT2D eigenvalue weighted by Crippen LogP contribution is -2.40. The van der Waals surface area contributed by atoms with E-state index in [0.717, 1.165) is 44.9 Å². The molecule has 3 rings (SSSR count). The fourth-order valence-electron chi connectivity index (χ4n) is 5.94. The molecular formula is C26H46O2. The maximum atomic E-state index is 12.1. The molecule has 2 heteroatoms. The van der Waals surface area contributed by atoms with Gasteiger partial charge in [0.05, 0.1) is 5.60 Å². The largest absolute Gasteiger partial charge is 0.390 e. The monoisotopic (exact) mass is 390 g/mol. The highest BCUT2D eigenvalue weighted by atomic mass is 16.3. The van der Waals surface area contributed by atoms with E-state index in [4.69, 9.17) is 0 Å². The van der Waals surface area contributed by atoms with Gasteiger partial charge in [0.15, 0.2) is 0 Å². The number of hydrogen-bond acceptors (Lipinski definition) is 2. The van der Waals surface area contributed by atoms with Gasteiger partial charge in [0, 0.05) is 11.8 Å². The van der Waals surface area contributed by atoms with E-state index in [0.29, 0.717) is 11.7 Å². The number of unbranched alkanes of at least 4 members (excludes halogenated alkanes) is 2. The van der Waals surface area contributed by atoms with E-state index in [1.807, 2.05) is 6.08 Å². The standard InChI is InChI=1S/C14H24O.C12H22O/c1-3-5-7-11-14(10-4-2)12-8-6-9-13(14)15;13-12(9-5-2-6-10-12)11-7-3-1-4-8-11/h4H,2-3,5-12H2,1H3;11,13H,1-10H2. The number of carbonyl (C=O) groups is 1. The Hall–Kier alpha value is -0.630. The minimum Gasteiger partial charge on any atom is -0.390 e. The maximum Gasteiger partial charge on any atom is 0.139 e. The van der Waals surface area contributed by atoms with Gasteiger partial charge in [-0.05, 0) is 57.3 Å². The summed E-state index contributed by atoms with van der Waals surface area (Å²) in [6, 6.07) is 0. The molecule has 3 aliphatic rings. The van der Waals surface area contributed by atoms with Crippen molar-refractivity contribution in [3.63, 3.8) is 0 Å². The molecule has 0 aromatic carbocycles. The van der Waals surface area contributed by atoms with Crippen molar-refractivity contribution in [1.82, 2.24) is 0 Å². The highest BCUT2D eigenvalue weighted by Crippen LogP contribution is 2.42. The molecule has 0 aromatic heterocycles. The molecule has 0 spiro atoms. The van der Waals surface area contributed by atoms with Crippen molar-refractivity contribution in [3.8, 4) is 0 Å². The summed E-state index contributed by atoms with van der Waals surface area (Å²) in [5.74, 6) is 1.14. The van der Waals surface area contributed by atoms with Crippen LogP contribution in [-0.4, -0.2) is 16.5 Å². The van der Waals surface area contributed by atoms with Gasteiger partial charge in [0.2, 0.25) is 0 Å². The summed E-state index contributed by atoms with van der Waals surface area (Å²) in [5, 5.41) is 10.5. The van der Waals surface area contributed by atoms with Gasteiger partial charge in [0.25, 0.3) is 0 Å². The zero-order valence-corrected chi connectivity index (χ0v) is 18.7. The average molecular weight is 391 g/mol. The van der Waals surface area contributed by atoms with Crippen LogP contribution in [0.1, 0.15) is 129 Å². The zero-order valence-electron chi connectivity index (χ0n) is 18.7. The number of aliphatic hydroxyl groups is 1. The summed E-state index contributed by atoms with van der Waals surface area (Å²) in [6.45, 7) is 6.02. The summed E-state index contributed by atoms with van der Waals surface area (Å²) in [5.41, 5.74) is -0.270. The third-order valence-electron chi connectivity index (χ3n) is 7.78. The Labute approximate surface area is 174 Å². The molecule has 3 aliphatic carbocycles. The second-order valence-corrected chi connectivity index (χ2v) is 9.86. The second kappa shape index (κ2) is 12.2. The Bertz CT molecular complexity index is 457. The van der Waals surface area contributed by atoms with Gasteiger partial charge in [-0.2, -0.15) is 0 Å². The first-order valence-electron chi connectivity index (χ1n) is 12.4. The molecule has 162 valence electrons. The molecule has 1 atom stereocenters. The number of rotatable bonds is 7. The highest BCUT2D eigenvalue weighted by Gasteiger charge is 2.38. The summed E-state index contributed by atoms with van der Waals surface area (Å²) in [6.07, 6.45) is 24.6. The van der Waals surface area contributed by atoms with Gasteiger partial charge in [0.1, 0.15) is 5.78 Å². The Morgan fingerprint density at radius 1 is 0.964 bits per heavy atom. The van der Waals surface area contributed by atoms with Crippen LogP contribution in [0, 0.1) is 11.3 Å². The number of ketones is 1. The Morgan fingerprint density at radius 3 is 2.21 bits per heavy atom. The summed E-state index contributed by atoms with van der Waals surface area (Å²) < 4.78 is 0. The molecule has 3 saturated carbocycles. The van der Waals surface area contributed by atoms with Crippen molar-refractivity contribution >= 4 is 5.78 Å². The molecule has 0 heterocycles. The number of hydrogen-bond donors (Lipinski definition) is 1. The quantitative estimate of drug-likeness (QED) is 0.360. The van der Waals surface area contributed by atoms with E-state index in [1.54, 1.807) is 0 Å². The van der Waals surface area contributed by atoms with Gasteiger partial charge >= 0.3 is 0 Å². The number of allylic oxidation sites excluding steroid dienone is 1. The number of Topliss-reactive ketones (excluding diaryl/α,β-unsaturated/α-hetero) is 1. The maximum absolute atomic E-state index is 12.1. The molecule has 1 N–H and O–H groups in total. The second-order valence-electron chi connectivity index (χ2n) is 9.86. The van der Waals surface area contributed by atoms with Crippen molar-refractivity contribution in [3.05, 3.63) is 12.7 Å². The molecule has 28 heavy (non-hydrogen) atoms. The minimum atomic E-state index is -0.251. The predicted octanol–water partition coefficient (Wildman–Crippen LogP) is 7.53. The van der Waals surface area contributed by atoms with Crippen molar-refractivity contribution < 1.29 is 9.90 Å². The Kier molecular flexibility index (Phi) is 10.3. The first-order valence-corrected chi connectivity index (χ1v) is 12.4. The van der Waals surface area contributed by atoms with Gasteiger partial charge in [-0.25, -0.2) is 0 Å². The molecule has 0 radical (unpaired) electrons. The molecule has 2 nitrogen and oxygen atoms in total. The van der Waals surface area contributed by atoms with Crippen LogP contribution in [-0.2, 0) is 4.79 Å². The van der Waals surface area contributed by atoms with Crippen LogP contribution >= 0.6 is 0 Å². The van der Waals surface area contributed by atoms with E-state index in [1.165, 1.54) is 77.0 Å². The van der Waals surface area contributed by atoms with Crippen LogP contribution in [0.3, 0.4) is 0 Å². The normalized spacial score (nSPS) is 28.3. The SMILES string of the molecule is C=CCC1(CCCCC)CCCCC1=O.OC1(C2CCCCC2)CCCCC1. The molecular weight excluding hydrogens is 344 g/mol. The van der Waals surface area contributed by atoms with E-state index in [2.05, 4.69) is 13.5 Å². The minimum absolute atomic E-state index is 0.0187.